The van der Waals surface area contributed by atoms with Crippen LogP contribution >= 0.6 is 11.8 Å². The highest BCUT2D eigenvalue weighted by atomic mass is 32.2. The molecular formula is C13H23NO2S. The zero-order valence-corrected chi connectivity index (χ0v) is 11.3. The van der Waals surface area contributed by atoms with Gasteiger partial charge in [0, 0.05) is 31.5 Å². The van der Waals surface area contributed by atoms with E-state index in [1.54, 1.807) is 0 Å². The average Bonchev–Trinajstić information content (AvgIpc) is 2.77. The number of ether oxygens (including phenoxy) is 1. The van der Waals surface area contributed by atoms with Gasteiger partial charge in [-0.3, -0.25) is 4.90 Å². The molecule has 2 fully saturated rings. The van der Waals surface area contributed by atoms with Crippen LogP contribution in [-0.2, 0) is 4.74 Å². The van der Waals surface area contributed by atoms with Gasteiger partial charge in [0.05, 0.1) is 12.2 Å². The second kappa shape index (κ2) is 6.23. The maximum Gasteiger partial charge on any atom is 0.0795 e. The molecule has 0 bridgehead atoms. The molecule has 0 amide bonds. The Morgan fingerprint density at radius 1 is 1.59 bits per heavy atom. The Bertz CT molecular complexity index is 254. The number of aliphatic hydroxyl groups excluding tert-OH is 1. The highest BCUT2D eigenvalue weighted by molar-refractivity contribution is 7.99. The minimum absolute atomic E-state index is 0.127. The van der Waals surface area contributed by atoms with Crippen molar-refractivity contribution in [2.24, 2.45) is 0 Å². The van der Waals surface area contributed by atoms with Gasteiger partial charge in [0.2, 0.25) is 0 Å². The van der Waals surface area contributed by atoms with Crippen LogP contribution in [0.3, 0.4) is 0 Å². The van der Waals surface area contributed by atoms with Crippen molar-refractivity contribution in [3.8, 4) is 0 Å². The Morgan fingerprint density at radius 2 is 2.47 bits per heavy atom. The van der Waals surface area contributed by atoms with E-state index in [0.29, 0.717) is 6.04 Å². The number of nitrogens with zero attached hydrogens (tertiary/aromatic N) is 1. The van der Waals surface area contributed by atoms with Gasteiger partial charge in [0.25, 0.3) is 0 Å². The second-order valence-electron chi connectivity index (χ2n) is 4.99. The van der Waals surface area contributed by atoms with Crippen LogP contribution in [0, 0.1) is 0 Å². The first-order chi connectivity index (χ1) is 8.29. The molecule has 2 unspecified atom stereocenters. The van der Waals surface area contributed by atoms with E-state index in [1.807, 2.05) is 17.8 Å². The fourth-order valence-electron chi connectivity index (χ4n) is 2.89. The smallest absolute Gasteiger partial charge is 0.0795 e. The molecule has 0 aromatic carbocycles. The molecule has 4 heteroatoms. The second-order valence-corrected chi connectivity index (χ2v) is 6.09. The third-order valence-electron chi connectivity index (χ3n) is 3.80. The van der Waals surface area contributed by atoms with Gasteiger partial charge in [-0.2, -0.15) is 11.8 Å². The van der Waals surface area contributed by atoms with E-state index in [2.05, 4.69) is 11.5 Å². The zero-order valence-electron chi connectivity index (χ0n) is 10.4. The molecule has 0 radical (unpaired) electrons. The molecule has 2 rings (SSSR count). The summed E-state index contributed by atoms with van der Waals surface area (Å²) in [5.74, 6) is 2.37. The topological polar surface area (TPSA) is 32.7 Å². The van der Waals surface area contributed by atoms with Crippen molar-refractivity contribution in [2.75, 3.05) is 37.8 Å². The van der Waals surface area contributed by atoms with Gasteiger partial charge in [-0.1, -0.05) is 6.08 Å². The largest absolute Gasteiger partial charge is 0.395 e. The van der Waals surface area contributed by atoms with Crippen LogP contribution in [0.2, 0.25) is 0 Å². The first-order valence-corrected chi connectivity index (χ1v) is 7.63. The lowest BCUT2D eigenvalue weighted by Crippen LogP contribution is -2.49. The van der Waals surface area contributed by atoms with Crippen molar-refractivity contribution in [3.05, 3.63) is 12.7 Å². The Balaban J connectivity index is 1.96. The first-order valence-electron chi connectivity index (χ1n) is 6.47. The normalized spacial score (nSPS) is 33.4. The number of hydrogen-bond acceptors (Lipinski definition) is 4. The fourth-order valence-corrected chi connectivity index (χ4v) is 4.27. The summed E-state index contributed by atoms with van der Waals surface area (Å²) in [6.45, 7) is 6.52. The number of thioether (sulfide) groups is 1. The van der Waals surface area contributed by atoms with Gasteiger partial charge in [-0.15, -0.1) is 6.58 Å². The lowest BCUT2D eigenvalue weighted by Gasteiger charge is -2.42. The summed E-state index contributed by atoms with van der Waals surface area (Å²) < 4.78 is 6.03. The van der Waals surface area contributed by atoms with Crippen molar-refractivity contribution in [3.63, 3.8) is 0 Å². The van der Waals surface area contributed by atoms with Crippen LogP contribution < -0.4 is 0 Å². The molecule has 2 aliphatic heterocycles. The Hall–Kier alpha value is -0.0300. The molecule has 0 aromatic heterocycles. The molecule has 1 N–H and O–H groups in total. The zero-order chi connectivity index (χ0) is 12.1. The van der Waals surface area contributed by atoms with Crippen LogP contribution in [0.15, 0.2) is 12.7 Å². The predicted molar refractivity (Wildman–Crippen MR) is 72.5 cm³/mol. The maximum absolute atomic E-state index is 9.14. The average molecular weight is 257 g/mol. The molecule has 2 heterocycles. The number of rotatable bonds is 5. The Morgan fingerprint density at radius 3 is 3.12 bits per heavy atom. The molecule has 98 valence electrons. The van der Waals surface area contributed by atoms with Gasteiger partial charge in [0.1, 0.15) is 0 Å². The summed E-state index contributed by atoms with van der Waals surface area (Å²) in [7, 11) is 0. The van der Waals surface area contributed by atoms with E-state index in [0.717, 1.165) is 38.3 Å². The van der Waals surface area contributed by atoms with Gasteiger partial charge < -0.3 is 9.84 Å². The fraction of sp³-hybridized carbons (Fsp3) is 0.846. The Kier molecular flexibility index (Phi) is 4.91. The van der Waals surface area contributed by atoms with E-state index in [9.17, 15) is 0 Å². The Labute approximate surface area is 108 Å². The quantitative estimate of drug-likeness (QED) is 0.757. The van der Waals surface area contributed by atoms with Crippen molar-refractivity contribution in [1.82, 2.24) is 4.90 Å². The molecule has 0 aliphatic carbocycles. The molecule has 17 heavy (non-hydrogen) atoms. The number of hydrogen-bond donors (Lipinski definition) is 1. The SMILES string of the molecule is C=CCN(CCO)C1CCOC2(CCSC2)C1. The summed E-state index contributed by atoms with van der Waals surface area (Å²) in [6.07, 6.45) is 5.32. The maximum atomic E-state index is 9.14. The molecule has 2 atom stereocenters. The van der Waals surface area contributed by atoms with E-state index in [4.69, 9.17) is 9.84 Å². The standard InChI is InChI=1S/C13H23NO2S/c1-2-5-14(6-7-15)12-3-8-16-13(10-12)4-9-17-11-13/h2,12,15H,1,3-11H2. The monoisotopic (exact) mass is 257 g/mol. The van der Waals surface area contributed by atoms with E-state index < -0.39 is 0 Å². The van der Waals surface area contributed by atoms with Crippen LogP contribution in [0.4, 0.5) is 0 Å². The van der Waals surface area contributed by atoms with Crippen molar-refractivity contribution < 1.29 is 9.84 Å². The van der Waals surface area contributed by atoms with E-state index >= 15 is 0 Å². The van der Waals surface area contributed by atoms with Crippen LogP contribution in [0.25, 0.3) is 0 Å². The summed E-state index contributed by atoms with van der Waals surface area (Å²) in [4.78, 5) is 2.35. The number of aliphatic hydroxyl groups is 1. The highest BCUT2D eigenvalue weighted by Gasteiger charge is 2.41. The van der Waals surface area contributed by atoms with Crippen LogP contribution in [0.5, 0.6) is 0 Å². The lowest BCUT2D eigenvalue weighted by molar-refractivity contribution is -0.0893. The molecule has 3 nitrogen and oxygen atoms in total. The molecule has 0 saturated carbocycles. The van der Waals surface area contributed by atoms with Crippen LogP contribution in [0.1, 0.15) is 19.3 Å². The summed E-state index contributed by atoms with van der Waals surface area (Å²) >= 11 is 2.01. The summed E-state index contributed by atoms with van der Waals surface area (Å²) in [6, 6.07) is 0.549. The highest BCUT2D eigenvalue weighted by Crippen LogP contribution is 2.39. The van der Waals surface area contributed by atoms with Gasteiger partial charge in [0.15, 0.2) is 0 Å². The molecular weight excluding hydrogens is 234 g/mol. The third kappa shape index (κ3) is 3.25. The molecule has 1 spiro atoms. The van der Waals surface area contributed by atoms with Crippen LogP contribution in [-0.4, -0.2) is 59.5 Å². The van der Waals surface area contributed by atoms with Gasteiger partial charge >= 0.3 is 0 Å². The van der Waals surface area contributed by atoms with Gasteiger partial charge in [-0.25, -0.2) is 0 Å². The summed E-state index contributed by atoms with van der Waals surface area (Å²) in [5, 5.41) is 9.14. The van der Waals surface area contributed by atoms with E-state index in [1.165, 1.54) is 12.2 Å². The summed E-state index contributed by atoms with van der Waals surface area (Å²) in [5.41, 5.74) is 0.127. The minimum atomic E-state index is 0.127. The van der Waals surface area contributed by atoms with Crippen molar-refractivity contribution in [1.29, 1.82) is 0 Å². The first kappa shape index (κ1) is 13.4. The van der Waals surface area contributed by atoms with Crippen molar-refractivity contribution in [2.45, 2.75) is 30.9 Å². The lowest BCUT2D eigenvalue weighted by atomic mass is 9.89. The molecule has 0 aromatic rings. The van der Waals surface area contributed by atoms with Gasteiger partial charge in [-0.05, 0) is 25.0 Å². The minimum Gasteiger partial charge on any atom is -0.395 e. The molecule has 2 saturated heterocycles. The third-order valence-corrected chi connectivity index (χ3v) is 5.02. The van der Waals surface area contributed by atoms with E-state index in [-0.39, 0.29) is 12.2 Å². The predicted octanol–water partition coefficient (Wildman–Crippen LogP) is 1.52. The van der Waals surface area contributed by atoms with Crippen molar-refractivity contribution >= 4 is 11.8 Å². The molecule has 2 aliphatic rings.